The molecule has 0 aromatic heterocycles. The fourth-order valence-corrected chi connectivity index (χ4v) is 2.15. The molecule has 0 aliphatic carbocycles. The maximum atomic E-state index is 12.9. The van der Waals surface area contributed by atoms with Gasteiger partial charge in [0.2, 0.25) is 5.91 Å². The van der Waals surface area contributed by atoms with E-state index in [1.54, 1.807) is 0 Å². The number of carbonyl (C=O) groups is 2. The molecule has 0 radical (unpaired) electrons. The fourth-order valence-electron chi connectivity index (χ4n) is 2.15. The highest BCUT2D eigenvalue weighted by Crippen LogP contribution is 2.08. The number of aliphatic hydroxyl groups excluding tert-OH is 1. The maximum absolute atomic E-state index is 12.9. The van der Waals surface area contributed by atoms with Gasteiger partial charge in [-0.1, -0.05) is 27.7 Å². The van der Waals surface area contributed by atoms with Crippen molar-refractivity contribution in [2.24, 2.45) is 11.8 Å². The Bertz CT molecular complexity index is 544. The Morgan fingerprint density at radius 2 is 1.67 bits per heavy atom. The van der Waals surface area contributed by atoms with Crippen molar-refractivity contribution in [3.05, 3.63) is 35.6 Å². The number of halogens is 1. The van der Waals surface area contributed by atoms with Crippen LogP contribution < -0.4 is 10.6 Å². The Balaban J connectivity index is 2.61. The average molecular weight is 338 g/mol. The lowest BCUT2D eigenvalue weighted by Crippen LogP contribution is -2.50. The largest absolute Gasteiger partial charge is 0.393 e. The third kappa shape index (κ3) is 6.28. The second-order valence-corrected chi connectivity index (χ2v) is 6.59. The standard InChI is InChI=1S/C18H27FN2O3/c1-11(2)15(22)9-10-20-18(24)16(12(3)4)21-17(23)13-5-7-14(19)8-6-13/h5-8,11-12,15-16,22H,9-10H2,1-4H3,(H,20,24)(H,21,23). The summed E-state index contributed by atoms with van der Waals surface area (Å²) in [6, 6.07) is 4.45. The lowest BCUT2D eigenvalue weighted by atomic mass is 10.0. The highest BCUT2D eigenvalue weighted by atomic mass is 19.1. The van der Waals surface area contributed by atoms with Crippen LogP contribution in [0.5, 0.6) is 0 Å². The number of carbonyl (C=O) groups excluding carboxylic acids is 2. The quantitative estimate of drug-likeness (QED) is 0.679. The maximum Gasteiger partial charge on any atom is 0.251 e. The second-order valence-electron chi connectivity index (χ2n) is 6.59. The van der Waals surface area contributed by atoms with E-state index in [1.807, 2.05) is 27.7 Å². The zero-order valence-electron chi connectivity index (χ0n) is 14.7. The van der Waals surface area contributed by atoms with Crippen molar-refractivity contribution in [2.45, 2.75) is 46.3 Å². The first-order chi connectivity index (χ1) is 11.2. The van der Waals surface area contributed by atoms with Gasteiger partial charge in [0, 0.05) is 12.1 Å². The van der Waals surface area contributed by atoms with Crippen molar-refractivity contribution >= 4 is 11.8 Å². The van der Waals surface area contributed by atoms with Gasteiger partial charge in [-0.3, -0.25) is 9.59 Å². The predicted molar refractivity (Wildman–Crippen MR) is 91.0 cm³/mol. The summed E-state index contributed by atoms with van der Waals surface area (Å²) in [6.07, 6.45) is -0.0169. The highest BCUT2D eigenvalue weighted by molar-refractivity contribution is 5.97. The second kappa shape index (κ2) is 9.37. The van der Waals surface area contributed by atoms with Gasteiger partial charge in [-0.2, -0.15) is 0 Å². The number of aliphatic hydroxyl groups is 1. The minimum Gasteiger partial charge on any atom is -0.393 e. The number of rotatable bonds is 8. The third-order valence-corrected chi connectivity index (χ3v) is 3.85. The van der Waals surface area contributed by atoms with Gasteiger partial charge in [-0.15, -0.1) is 0 Å². The molecule has 0 bridgehead atoms. The van der Waals surface area contributed by atoms with Crippen LogP contribution in [0.15, 0.2) is 24.3 Å². The first-order valence-electron chi connectivity index (χ1n) is 8.24. The number of nitrogens with one attached hydrogen (secondary N) is 2. The SMILES string of the molecule is CC(C)C(O)CCNC(=O)C(NC(=O)c1ccc(F)cc1)C(C)C. The summed E-state index contributed by atoms with van der Waals surface area (Å²) in [5, 5.41) is 15.2. The molecule has 2 amide bonds. The van der Waals surface area contributed by atoms with Gasteiger partial charge >= 0.3 is 0 Å². The Hall–Kier alpha value is -1.95. The molecule has 1 aromatic carbocycles. The summed E-state index contributed by atoms with van der Waals surface area (Å²) in [4.78, 5) is 24.5. The fraction of sp³-hybridized carbons (Fsp3) is 0.556. The Morgan fingerprint density at radius 1 is 1.08 bits per heavy atom. The van der Waals surface area contributed by atoms with Crippen LogP contribution >= 0.6 is 0 Å². The van der Waals surface area contributed by atoms with Crippen LogP contribution in [0.3, 0.4) is 0 Å². The van der Waals surface area contributed by atoms with Gasteiger partial charge in [0.15, 0.2) is 0 Å². The summed E-state index contributed by atoms with van der Waals surface area (Å²) in [6.45, 7) is 7.82. The summed E-state index contributed by atoms with van der Waals surface area (Å²) in [7, 11) is 0. The normalized spacial score (nSPS) is 13.7. The van der Waals surface area contributed by atoms with Crippen LogP contribution in [-0.2, 0) is 4.79 Å². The van der Waals surface area contributed by atoms with Crippen molar-refractivity contribution in [1.82, 2.24) is 10.6 Å². The predicted octanol–water partition coefficient (Wildman–Crippen LogP) is 2.10. The molecule has 5 nitrogen and oxygen atoms in total. The first-order valence-corrected chi connectivity index (χ1v) is 8.24. The number of hydrogen-bond acceptors (Lipinski definition) is 3. The van der Waals surface area contributed by atoms with Crippen LogP contribution in [0, 0.1) is 17.7 Å². The molecule has 3 N–H and O–H groups in total. The minimum absolute atomic E-state index is 0.107. The van der Waals surface area contributed by atoms with Gasteiger partial charge < -0.3 is 15.7 Å². The lowest BCUT2D eigenvalue weighted by Gasteiger charge is -2.22. The highest BCUT2D eigenvalue weighted by Gasteiger charge is 2.24. The molecule has 0 aliphatic rings. The first kappa shape index (κ1) is 20.1. The molecule has 1 rings (SSSR count). The monoisotopic (exact) mass is 338 g/mol. The van der Waals surface area contributed by atoms with E-state index in [1.165, 1.54) is 24.3 Å². The van der Waals surface area contributed by atoms with E-state index >= 15 is 0 Å². The van der Waals surface area contributed by atoms with E-state index in [9.17, 15) is 19.1 Å². The van der Waals surface area contributed by atoms with Crippen molar-refractivity contribution in [3.63, 3.8) is 0 Å². The van der Waals surface area contributed by atoms with Crippen LogP contribution in [0.2, 0.25) is 0 Å². The van der Waals surface area contributed by atoms with Gasteiger partial charge in [0.25, 0.3) is 5.91 Å². The zero-order chi connectivity index (χ0) is 18.3. The van der Waals surface area contributed by atoms with E-state index in [-0.39, 0.29) is 17.7 Å². The molecule has 0 spiro atoms. The van der Waals surface area contributed by atoms with E-state index in [0.29, 0.717) is 18.5 Å². The van der Waals surface area contributed by atoms with Gasteiger partial charge in [0.1, 0.15) is 11.9 Å². The molecule has 0 aliphatic heterocycles. The van der Waals surface area contributed by atoms with Crippen molar-refractivity contribution < 1.29 is 19.1 Å². The van der Waals surface area contributed by atoms with Crippen molar-refractivity contribution in [1.29, 1.82) is 0 Å². The summed E-state index contributed by atoms with van der Waals surface area (Å²) in [5.41, 5.74) is 0.296. The Morgan fingerprint density at radius 3 is 2.17 bits per heavy atom. The van der Waals surface area contributed by atoms with Gasteiger partial charge in [0.05, 0.1) is 6.10 Å². The van der Waals surface area contributed by atoms with Crippen LogP contribution in [-0.4, -0.2) is 35.6 Å². The van der Waals surface area contributed by atoms with E-state index in [2.05, 4.69) is 10.6 Å². The number of benzene rings is 1. The third-order valence-electron chi connectivity index (χ3n) is 3.85. The van der Waals surface area contributed by atoms with Crippen LogP contribution in [0.4, 0.5) is 4.39 Å². The number of hydrogen-bond donors (Lipinski definition) is 3. The van der Waals surface area contributed by atoms with Gasteiger partial charge in [-0.05, 0) is 42.5 Å². The molecule has 0 heterocycles. The Labute approximate surface area is 142 Å². The minimum atomic E-state index is -0.696. The molecule has 24 heavy (non-hydrogen) atoms. The zero-order valence-corrected chi connectivity index (χ0v) is 14.7. The van der Waals surface area contributed by atoms with E-state index in [0.717, 1.165) is 0 Å². The van der Waals surface area contributed by atoms with E-state index < -0.39 is 23.9 Å². The molecule has 0 fully saturated rings. The molecule has 6 heteroatoms. The molecule has 1 aromatic rings. The van der Waals surface area contributed by atoms with Crippen molar-refractivity contribution in [3.8, 4) is 0 Å². The van der Waals surface area contributed by atoms with Gasteiger partial charge in [-0.25, -0.2) is 4.39 Å². The number of amides is 2. The van der Waals surface area contributed by atoms with E-state index in [4.69, 9.17) is 0 Å². The smallest absolute Gasteiger partial charge is 0.251 e. The molecular weight excluding hydrogens is 311 g/mol. The summed E-state index contributed by atoms with van der Waals surface area (Å²) >= 11 is 0. The molecule has 0 saturated heterocycles. The molecule has 2 unspecified atom stereocenters. The van der Waals surface area contributed by atoms with Crippen molar-refractivity contribution in [2.75, 3.05) is 6.54 Å². The van der Waals surface area contributed by atoms with Crippen LogP contribution in [0.25, 0.3) is 0 Å². The molecular formula is C18H27FN2O3. The van der Waals surface area contributed by atoms with Crippen LogP contribution in [0.1, 0.15) is 44.5 Å². The molecule has 134 valence electrons. The topological polar surface area (TPSA) is 78.4 Å². The average Bonchev–Trinajstić information content (AvgIpc) is 2.52. The lowest BCUT2D eigenvalue weighted by molar-refractivity contribution is -0.124. The summed E-state index contributed by atoms with van der Waals surface area (Å²) < 4.78 is 12.9. The Kier molecular flexibility index (Phi) is 7.85. The summed E-state index contributed by atoms with van der Waals surface area (Å²) in [5.74, 6) is -1.12. The molecule has 2 atom stereocenters. The molecule has 0 saturated carbocycles.